The van der Waals surface area contributed by atoms with Gasteiger partial charge in [0.15, 0.2) is 0 Å². The van der Waals surface area contributed by atoms with Gasteiger partial charge in [0.25, 0.3) is 17.3 Å². The summed E-state index contributed by atoms with van der Waals surface area (Å²) < 4.78 is 0. The molecule has 0 bridgehead atoms. The maximum Gasteiger partial charge on any atom is 0.289 e. The Balaban J connectivity index is 2.36. The number of rotatable bonds is 4. The number of aryl methyl sites for hydroxylation is 1. The molecule has 9 nitrogen and oxygen atoms in total. The van der Waals surface area contributed by atoms with Crippen LogP contribution in [0.4, 0.5) is 17.2 Å². The van der Waals surface area contributed by atoms with E-state index in [1.165, 1.54) is 6.20 Å². The fraction of sp³-hybridized carbons (Fsp3) is 0.0769. The van der Waals surface area contributed by atoms with Gasteiger partial charge in [-0.2, -0.15) is 0 Å². The molecule has 1 aromatic heterocycles. The third-order valence-corrected chi connectivity index (χ3v) is 2.79. The smallest absolute Gasteiger partial charge is 0.289 e. The van der Waals surface area contributed by atoms with Crippen molar-refractivity contribution in [2.45, 2.75) is 6.92 Å². The lowest BCUT2D eigenvalue weighted by atomic mass is 10.1. The first-order valence-electron chi connectivity index (χ1n) is 6.05. The highest BCUT2D eigenvalue weighted by Crippen LogP contribution is 2.25. The van der Waals surface area contributed by atoms with Crippen molar-refractivity contribution in [1.29, 1.82) is 0 Å². The molecule has 0 saturated carbocycles. The van der Waals surface area contributed by atoms with E-state index in [-0.39, 0.29) is 11.4 Å². The quantitative estimate of drug-likeness (QED) is 0.682. The average Bonchev–Trinajstić information content (AvgIpc) is 2.46. The Labute approximate surface area is 123 Å². The van der Waals surface area contributed by atoms with Crippen LogP contribution < -0.4 is 5.32 Å². The maximum absolute atomic E-state index is 12.1. The molecule has 2 rings (SSSR count). The number of pyridine rings is 1. The van der Waals surface area contributed by atoms with Gasteiger partial charge in [0, 0.05) is 12.3 Å². The Bertz CT molecular complexity index is 775. The SMILES string of the molecule is Cc1ccnc(NC(=O)c2ccc([N+](=O)[O-])cc2[N+](=O)[O-])c1. The fourth-order valence-electron chi connectivity index (χ4n) is 1.76. The molecule has 2 aromatic rings. The summed E-state index contributed by atoms with van der Waals surface area (Å²) in [5.41, 5.74) is -0.529. The van der Waals surface area contributed by atoms with E-state index in [9.17, 15) is 25.0 Å². The molecular formula is C13H10N4O5. The third-order valence-electron chi connectivity index (χ3n) is 2.79. The summed E-state index contributed by atoms with van der Waals surface area (Å²) >= 11 is 0. The summed E-state index contributed by atoms with van der Waals surface area (Å²) in [5.74, 6) is -0.530. The summed E-state index contributed by atoms with van der Waals surface area (Å²) in [6, 6.07) is 6.14. The molecule has 0 saturated heterocycles. The lowest BCUT2D eigenvalue weighted by molar-refractivity contribution is -0.394. The maximum atomic E-state index is 12.1. The van der Waals surface area contributed by atoms with E-state index < -0.39 is 27.1 Å². The van der Waals surface area contributed by atoms with Crippen molar-refractivity contribution in [3.05, 3.63) is 67.9 Å². The number of anilines is 1. The van der Waals surface area contributed by atoms with Crippen LogP contribution in [0.3, 0.4) is 0 Å². The van der Waals surface area contributed by atoms with E-state index in [0.29, 0.717) is 0 Å². The lowest BCUT2D eigenvalue weighted by Gasteiger charge is -2.05. The molecule has 9 heteroatoms. The summed E-state index contributed by atoms with van der Waals surface area (Å²) in [5, 5.41) is 24.1. The van der Waals surface area contributed by atoms with Gasteiger partial charge >= 0.3 is 0 Å². The standard InChI is InChI=1S/C13H10N4O5/c1-8-4-5-14-12(6-8)15-13(18)10-3-2-9(16(19)20)7-11(10)17(21)22/h2-7H,1H3,(H,14,15,18). The molecule has 0 atom stereocenters. The Morgan fingerprint density at radius 2 is 1.86 bits per heavy atom. The molecule has 0 aliphatic heterocycles. The van der Waals surface area contributed by atoms with Crippen LogP contribution in [0.15, 0.2) is 36.5 Å². The van der Waals surface area contributed by atoms with Crippen molar-refractivity contribution in [1.82, 2.24) is 4.98 Å². The van der Waals surface area contributed by atoms with E-state index in [1.807, 2.05) is 0 Å². The number of non-ortho nitro benzene ring substituents is 1. The molecule has 0 radical (unpaired) electrons. The van der Waals surface area contributed by atoms with Gasteiger partial charge in [-0.15, -0.1) is 0 Å². The number of carbonyl (C=O) groups excluding carboxylic acids is 1. The second kappa shape index (κ2) is 5.95. The van der Waals surface area contributed by atoms with Crippen LogP contribution in [-0.2, 0) is 0 Å². The number of nitro benzene ring substituents is 2. The minimum absolute atomic E-state index is 0.234. The van der Waals surface area contributed by atoms with Gasteiger partial charge in [0.05, 0.1) is 15.9 Å². The lowest BCUT2D eigenvalue weighted by Crippen LogP contribution is -2.15. The second-order valence-corrected chi connectivity index (χ2v) is 4.39. The van der Waals surface area contributed by atoms with Crippen LogP contribution in [-0.4, -0.2) is 20.7 Å². The molecule has 0 aliphatic carbocycles. The highest BCUT2D eigenvalue weighted by Gasteiger charge is 2.24. The Hall–Kier alpha value is -3.36. The molecule has 0 unspecified atom stereocenters. The summed E-state index contributed by atoms with van der Waals surface area (Å²) in [7, 11) is 0. The van der Waals surface area contributed by atoms with Crippen LogP contribution >= 0.6 is 0 Å². The highest BCUT2D eigenvalue weighted by atomic mass is 16.6. The summed E-state index contributed by atoms with van der Waals surface area (Å²) in [4.78, 5) is 36.1. The van der Waals surface area contributed by atoms with Crippen LogP contribution in [0.25, 0.3) is 0 Å². The molecule has 0 spiro atoms. The molecule has 112 valence electrons. The number of nitrogens with zero attached hydrogens (tertiary/aromatic N) is 3. The highest BCUT2D eigenvalue weighted by molar-refractivity contribution is 6.06. The van der Waals surface area contributed by atoms with E-state index >= 15 is 0 Å². The van der Waals surface area contributed by atoms with Crippen molar-refractivity contribution in [3.8, 4) is 0 Å². The average molecular weight is 302 g/mol. The van der Waals surface area contributed by atoms with Crippen LogP contribution in [0.1, 0.15) is 15.9 Å². The van der Waals surface area contributed by atoms with E-state index in [1.54, 1.807) is 19.1 Å². The molecular weight excluding hydrogens is 292 g/mol. The number of hydrogen-bond acceptors (Lipinski definition) is 6. The van der Waals surface area contributed by atoms with Crippen molar-refractivity contribution < 1.29 is 14.6 Å². The van der Waals surface area contributed by atoms with E-state index in [0.717, 1.165) is 23.8 Å². The van der Waals surface area contributed by atoms with Gasteiger partial charge in [-0.05, 0) is 30.7 Å². The second-order valence-electron chi connectivity index (χ2n) is 4.39. The molecule has 0 aliphatic rings. The Morgan fingerprint density at radius 1 is 1.14 bits per heavy atom. The van der Waals surface area contributed by atoms with Crippen molar-refractivity contribution in [2.24, 2.45) is 0 Å². The number of aromatic nitrogens is 1. The molecule has 1 N–H and O–H groups in total. The first-order valence-corrected chi connectivity index (χ1v) is 6.05. The van der Waals surface area contributed by atoms with Crippen LogP contribution in [0.2, 0.25) is 0 Å². The zero-order chi connectivity index (χ0) is 16.3. The number of amides is 1. The molecule has 1 aromatic carbocycles. The van der Waals surface area contributed by atoms with Gasteiger partial charge in [-0.3, -0.25) is 25.0 Å². The normalized spacial score (nSPS) is 10.0. The third kappa shape index (κ3) is 3.20. The largest absolute Gasteiger partial charge is 0.306 e. The van der Waals surface area contributed by atoms with Crippen molar-refractivity contribution in [3.63, 3.8) is 0 Å². The van der Waals surface area contributed by atoms with Crippen LogP contribution in [0, 0.1) is 27.2 Å². The number of hydrogen-bond donors (Lipinski definition) is 1. The first kappa shape index (κ1) is 15.0. The predicted molar refractivity (Wildman–Crippen MR) is 76.7 cm³/mol. The van der Waals surface area contributed by atoms with E-state index in [4.69, 9.17) is 0 Å². The molecule has 22 heavy (non-hydrogen) atoms. The minimum Gasteiger partial charge on any atom is -0.306 e. The Kier molecular flexibility index (Phi) is 4.07. The number of benzene rings is 1. The summed E-state index contributed by atoms with van der Waals surface area (Å²) in [6.07, 6.45) is 1.48. The minimum atomic E-state index is -0.842. The number of carbonyl (C=O) groups is 1. The molecule has 1 heterocycles. The predicted octanol–water partition coefficient (Wildman–Crippen LogP) is 2.46. The zero-order valence-corrected chi connectivity index (χ0v) is 11.3. The van der Waals surface area contributed by atoms with E-state index in [2.05, 4.69) is 10.3 Å². The molecule has 0 fully saturated rings. The monoisotopic (exact) mass is 302 g/mol. The van der Waals surface area contributed by atoms with Gasteiger partial charge in [0.2, 0.25) is 0 Å². The topological polar surface area (TPSA) is 128 Å². The first-order chi connectivity index (χ1) is 10.4. The Morgan fingerprint density at radius 3 is 2.45 bits per heavy atom. The molecule has 1 amide bonds. The van der Waals surface area contributed by atoms with Crippen molar-refractivity contribution in [2.75, 3.05) is 5.32 Å². The van der Waals surface area contributed by atoms with Gasteiger partial charge in [0.1, 0.15) is 11.4 Å². The number of nitrogens with one attached hydrogen (secondary N) is 1. The summed E-state index contributed by atoms with van der Waals surface area (Å²) in [6.45, 7) is 1.80. The van der Waals surface area contributed by atoms with Gasteiger partial charge in [-0.25, -0.2) is 4.98 Å². The van der Waals surface area contributed by atoms with Crippen LogP contribution in [0.5, 0.6) is 0 Å². The zero-order valence-electron chi connectivity index (χ0n) is 11.3. The van der Waals surface area contributed by atoms with Gasteiger partial charge < -0.3 is 5.32 Å². The fourth-order valence-corrected chi connectivity index (χ4v) is 1.76. The number of nitro groups is 2. The van der Waals surface area contributed by atoms with Gasteiger partial charge in [-0.1, -0.05) is 0 Å². The van der Waals surface area contributed by atoms with Crippen molar-refractivity contribution >= 4 is 23.1 Å².